The Kier molecular flexibility index (Phi) is 16.0. The molecule has 12 nitrogen and oxygen atoms in total. The van der Waals surface area contributed by atoms with E-state index in [0.29, 0.717) is 5.69 Å². The Morgan fingerprint density at radius 2 is 0.963 bits per heavy atom. The summed E-state index contributed by atoms with van der Waals surface area (Å²) < 4.78 is 10.7. The number of carbonyl (C=O) groups is 4. The maximum atomic E-state index is 13.9. The molecule has 0 unspecified atom stereocenters. The zero-order chi connectivity index (χ0) is 38.9. The van der Waals surface area contributed by atoms with Gasteiger partial charge >= 0.3 is 12.2 Å². The minimum Gasteiger partial charge on any atom is -0.445 e. The fraction of sp³-hybridized carbons (Fsp3) is 0.357. The topological polar surface area (TPSA) is 168 Å². The number of ether oxygens (including phenoxy) is 2. The van der Waals surface area contributed by atoms with E-state index in [9.17, 15) is 24.3 Å². The van der Waals surface area contributed by atoms with Crippen LogP contribution in [0.3, 0.4) is 0 Å². The van der Waals surface area contributed by atoms with Gasteiger partial charge in [0, 0.05) is 6.20 Å². The van der Waals surface area contributed by atoms with E-state index in [1.54, 1.807) is 52.1 Å². The molecule has 5 atom stereocenters. The standard InChI is InChI=1S/C42H51N5O7/c1-28(2)36(46-41(51)53-26-32-20-12-7-13-21-32)39(49)44-34(24-30-16-8-5-9-17-30)38(48)35(25-31-18-10-6-11-19-31)45-40(50)37(29(3)4)47-42(52)54-27-33-22-14-15-23-43-33/h5-23,28-29,34-38,48H,24-27H2,1-4H3,(H,44,49)(H,45,50)(H,46,51)(H,47,52)/t34-,35-,36-,37-,38-/m0/s1. The molecule has 12 heteroatoms. The average Bonchev–Trinajstić information content (AvgIpc) is 3.17. The summed E-state index contributed by atoms with van der Waals surface area (Å²) in [6, 6.07) is 29.3. The molecule has 0 saturated carbocycles. The zero-order valence-corrected chi connectivity index (χ0v) is 31.2. The van der Waals surface area contributed by atoms with E-state index >= 15 is 0 Å². The second-order valence-corrected chi connectivity index (χ2v) is 13.8. The van der Waals surface area contributed by atoms with Crippen LogP contribution in [0, 0.1) is 11.8 Å². The molecule has 0 aliphatic heterocycles. The minimum atomic E-state index is -1.32. The van der Waals surface area contributed by atoms with Crippen LogP contribution in [0.1, 0.15) is 50.1 Å². The van der Waals surface area contributed by atoms with Crippen LogP contribution in [0.4, 0.5) is 9.59 Å². The molecule has 4 amide bonds. The van der Waals surface area contributed by atoms with Crippen LogP contribution in [-0.2, 0) is 45.1 Å². The van der Waals surface area contributed by atoms with Crippen molar-refractivity contribution >= 4 is 24.0 Å². The summed E-state index contributed by atoms with van der Waals surface area (Å²) in [4.78, 5) is 57.7. The van der Waals surface area contributed by atoms with Crippen molar-refractivity contribution in [3.63, 3.8) is 0 Å². The number of nitrogens with zero attached hydrogens (tertiary/aromatic N) is 1. The SMILES string of the molecule is CC(C)[C@H](NC(=O)OCc1ccccc1)C(=O)N[C@@H](Cc1ccccc1)[C@H](O)[C@H](Cc1ccccc1)NC(=O)[C@@H](NC(=O)OCc1ccccn1)C(C)C. The van der Waals surface area contributed by atoms with Gasteiger partial charge in [-0.25, -0.2) is 9.59 Å². The largest absolute Gasteiger partial charge is 0.445 e. The summed E-state index contributed by atoms with van der Waals surface area (Å²) >= 11 is 0. The monoisotopic (exact) mass is 737 g/mol. The van der Waals surface area contributed by atoms with Gasteiger partial charge in [0.1, 0.15) is 25.3 Å². The number of aliphatic hydroxyl groups is 1. The van der Waals surface area contributed by atoms with Crippen LogP contribution >= 0.6 is 0 Å². The number of benzene rings is 3. The van der Waals surface area contributed by atoms with Gasteiger partial charge in [0.25, 0.3) is 0 Å². The molecule has 1 heterocycles. The van der Waals surface area contributed by atoms with Gasteiger partial charge in [0.2, 0.25) is 11.8 Å². The zero-order valence-electron chi connectivity index (χ0n) is 31.2. The Hall–Kier alpha value is -5.75. The highest BCUT2D eigenvalue weighted by molar-refractivity contribution is 5.87. The first kappa shape index (κ1) is 41.0. The third-order valence-electron chi connectivity index (χ3n) is 8.81. The van der Waals surface area contributed by atoms with Crippen molar-refractivity contribution in [2.45, 2.75) is 84.0 Å². The normalized spacial score (nSPS) is 13.8. The number of rotatable bonds is 18. The maximum Gasteiger partial charge on any atom is 0.408 e. The highest BCUT2D eigenvalue weighted by atomic mass is 16.6. The van der Waals surface area contributed by atoms with Gasteiger partial charge in [-0.15, -0.1) is 0 Å². The van der Waals surface area contributed by atoms with Crippen LogP contribution in [0.5, 0.6) is 0 Å². The van der Waals surface area contributed by atoms with E-state index in [-0.39, 0.29) is 37.9 Å². The Balaban J connectivity index is 1.54. The number of amides is 4. The molecular formula is C42H51N5O7. The predicted molar refractivity (Wildman–Crippen MR) is 205 cm³/mol. The molecule has 0 bridgehead atoms. The average molecular weight is 738 g/mol. The number of carbonyl (C=O) groups excluding carboxylic acids is 4. The van der Waals surface area contributed by atoms with E-state index in [0.717, 1.165) is 16.7 Å². The lowest BCUT2D eigenvalue weighted by Gasteiger charge is -2.34. The Bertz CT molecular complexity index is 1620. The van der Waals surface area contributed by atoms with Crippen LogP contribution in [0.15, 0.2) is 115 Å². The Labute approximate surface area is 317 Å². The van der Waals surface area contributed by atoms with Crippen molar-refractivity contribution < 1.29 is 33.8 Å². The van der Waals surface area contributed by atoms with Crippen LogP contribution < -0.4 is 21.3 Å². The van der Waals surface area contributed by atoms with Gasteiger partial charge in [-0.05, 0) is 53.5 Å². The fourth-order valence-electron chi connectivity index (χ4n) is 5.83. The van der Waals surface area contributed by atoms with Gasteiger partial charge in [0.15, 0.2) is 0 Å². The first-order valence-electron chi connectivity index (χ1n) is 18.2. The highest BCUT2D eigenvalue weighted by Gasteiger charge is 2.35. The summed E-state index contributed by atoms with van der Waals surface area (Å²) in [5, 5.41) is 23.4. The number of hydrogen-bond acceptors (Lipinski definition) is 8. The smallest absolute Gasteiger partial charge is 0.408 e. The van der Waals surface area contributed by atoms with E-state index in [2.05, 4.69) is 26.3 Å². The Morgan fingerprint density at radius 3 is 1.37 bits per heavy atom. The molecule has 3 aromatic carbocycles. The summed E-state index contributed by atoms with van der Waals surface area (Å²) in [5.74, 6) is -1.74. The molecule has 0 aliphatic carbocycles. The third-order valence-corrected chi connectivity index (χ3v) is 8.81. The first-order valence-corrected chi connectivity index (χ1v) is 18.2. The molecule has 4 aromatic rings. The molecule has 0 saturated heterocycles. The van der Waals surface area contributed by atoms with E-state index < -0.39 is 54.3 Å². The summed E-state index contributed by atoms with van der Waals surface area (Å²) in [6.07, 6.45) is -0.857. The van der Waals surface area contributed by atoms with Crippen molar-refractivity contribution in [3.8, 4) is 0 Å². The molecule has 286 valence electrons. The number of hydrogen-bond donors (Lipinski definition) is 5. The lowest BCUT2D eigenvalue weighted by Crippen LogP contribution is -2.61. The molecule has 5 N–H and O–H groups in total. The van der Waals surface area contributed by atoms with Crippen molar-refractivity contribution in [2.75, 3.05) is 0 Å². The van der Waals surface area contributed by atoms with Crippen molar-refractivity contribution in [2.24, 2.45) is 11.8 Å². The first-order chi connectivity index (χ1) is 26.0. The fourth-order valence-corrected chi connectivity index (χ4v) is 5.83. The molecule has 0 spiro atoms. The molecule has 0 aliphatic rings. The van der Waals surface area contributed by atoms with Gasteiger partial charge < -0.3 is 35.8 Å². The lowest BCUT2D eigenvalue weighted by atomic mass is 9.91. The number of aromatic nitrogens is 1. The van der Waals surface area contributed by atoms with Gasteiger partial charge in [-0.3, -0.25) is 14.6 Å². The van der Waals surface area contributed by atoms with E-state index in [1.165, 1.54) is 0 Å². The van der Waals surface area contributed by atoms with Crippen LogP contribution in [0.2, 0.25) is 0 Å². The van der Waals surface area contributed by atoms with Gasteiger partial charge in [-0.2, -0.15) is 0 Å². The number of alkyl carbamates (subject to hydrolysis) is 2. The minimum absolute atomic E-state index is 0.0313. The number of aliphatic hydroxyl groups excluding tert-OH is 1. The van der Waals surface area contributed by atoms with Gasteiger partial charge in [-0.1, -0.05) is 125 Å². The van der Waals surface area contributed by atoms with E-state index in [4.69, 9.17) is 9.47 Å². The summed E-state index contributed by atoms with van der Waals surface area (Å²) in [7, 11) is 0. The Morgan fingerprint density at radius 1 is 0.556 bits per heavy atom. The van der Waals surface area contributed by atoms with Crippen molar-refractivity contribution in [1.29, 1.82) is 0 Å². The maximum absolute atomic E-state index is 13.9. The second kappa shape index (κ2) is 21.1. The highest BCUT2D eigenvalue weighted by Crippen LogP contribution is 2.16. The van der Waals surface area contributed by atoms with Crippen molar-refractivity contribution in [1.82, 2.24) is 26.3 Å². The molecule has 4 rings (SSSR count). The molecule has 0 fully saturated rings. The van der Waals surface area contributed by atoms with E-state index in [1.807, 2.05) is 91.0 Å². The quantitative estimate of drug-likeness (QED) is 0.0941. The lowest BCUT2D eigenvalue weighted by molar-refractivity contribution is -0.126. The van der Waals surface area contributed by atoms with Crippen LogP contribution in [-0.4, -0.2) is 64.4 Å². The molecule has 54 heavy (non-hydrogen) atoms. The van der Waals surface area contributed by atoms with Crippen molar-refractivity contribution in [3.05, 3.63) is 138 Å². The van der Waals surface area contributed by atoms with Gasteiger partial charge in [0.05, 0.1) is 23.9 Å². The third kappa shape index (κ3) is 13.3. The second-order valence-electron chi connectivity index (χ2n) is 13.8. The number of pyridine rings is 1. The molecule has 1 aromatic heterocycles. The number of nitrogens with one attached hydrogen (secondary N) is 4. The predicted octanol–water partition coefficient (Wildman–Crippen LogP) is 5.10. The molecular weight excluding hydrogens is 686 g/mol. The summed E-state index contributed by atoms with van der Waals surface area (Å²) in [6.45, 7) is 7.12. The summed E-state index contributed by atoms with van der Waals surface area (Å²) in [5.41, 5.74) is 3.01. The van der Waals surface area contributed by atoms with Crippen LogP contribution in [0.25, 0.3) is 0 Å². The molecule has 0 radical (unpaired) electrons.